The van der Waals surface area contributed by atoms with E-state index in [9.17, 15) is 0 Å². The molecular weight excluding hydrogens is 204 g/mol. The van der Waals surface area contributed by atoms with Gasteiger partial charge in [-0.05, 0) is 37.7 Å². The Morgan fingerprint density at radius 3 is 2.12 bits per heavy atom. The molecule has 0 aromatic carbocycles. The standard InChI is InChI=1S/C17H30/c1-3-5-7-9-12-16-14-11-15-17(16)13-10-8-6-4-2/h11,14H,3-10,12-13,15H2,1-2H3. The fourth-order valence-corrected chi connectivity index (χ4v) is 2.62. The van der Waals surface area contributed by atoms with Crippen molar-refractivity contribution in [1.82, 2.24) is 0 Å². The quantitative estimate of drug-likeness (QED) is 0.396. The molecule has 0 saturated heterocycles. The molecule has 17 heavy (non-hydrogen) atoms. The minimum atomic E-state index is 1.25. The molecule has 0 heteroatoms. The average molecular weight is 234 g/mol. The normalized spacial score (nSPS) is 14.9. The Labute approximate surface area is 108 Å². The van der Waals surface area contributed by atoms with Crippen LogP contribution in [-0.2, 0) is 0 Å². The Morgan fingerprint density at radius 2 is 1.47 bits per heavy atom. The van der Waals surface area contributed by atoms with Crippen molar-refractivity contribution in [1.29, 1.82) is 0 Å². The first kappa shape index (κ1) is 14.5. The summed E-state index contributed by atoms with van der Waals surface area (Å²) in [6.45, 7) is 4.57. The van der Waals surface area contributed by atoms with E-state index >= 15 is 0 Å². The lowest BCUT2D eigenvalue weighted by Crippen LogP contribution is -1.88. The van der Waals surface area contributed by atoms with Crippen LogP contribution in [0.1, 0.15) is 84.5 Å². The van der Waals surface area contributed by atoms with Gasteiger partial charge in [-0.15, -0.1) is 0 Å². The first-order valence-electron chi connectivity index (χ1n) is 7.76. The lowest BCUT2D eigenvalue weighted by Gasteiger charge is -2.07. The highest BCUT2D eigenvalue weighted by Crippen LogP contribution is 2.28. The Balaban J connectivity index is 2.20. The van der Waals surface area contributed by atoms with Gasteiger partial charge in [0.2, 0.25) is 0 Å². The summed E-state index contributed by atoms with van der Waals surface area (Å²) in [6.07, 6.45) is 19.8. The SMILES string of the molecule is CCCCCCC1=C(CCCCCC)CC=C1. The van der Waals surface area contributed by atoms with Crippen LogP contribution in [0.15, 0.2) is 23.3 Å². The van der Waals surface area contributed by atoms with Crippen molar-refractivity contribution < 1.29 is 0 Å². The number of hydrogen-bond acceptors (Lipinski definition) is 0. The zero-order valence-electron chi connectivity index (χ0n) is 11.9. The molecular formula is C17H30. The van der Waals surface area contributed by atoms with Gasteiger partial charge >= 0.3 is 0 Å². The van der Waals surface area contributed by atoms with Crippen molar-refractivity contribution >= 4 is 0 Å². The molecule has 0 radical (unpaired) electrons. The van der Waals surface area contributed by atoms with Crippen LogP contribution in [0.2, 0.25) is 0 Å². The van der Waals surface area contributed by atoms with Crippen LogP contribution in [0.25, 0.3) is 0 Å². The van der Waals surface area contributed by atoms with Crippen LogP contribution in [-0.4, -0.2) is 0 Å². The van der Waals surface area contributed by atoms with E-state index < -0.39 is 0 Å². The van der Waals surface area contributed by atoms with E-state index in [1.165, 1.54) is 70.6 Å². The van der Waals surface area contributed by atoms with Crippen molar-refractivity contribution in [2.75, 3.05) is 0 Å². The second-order valence-electron chi connectivity index (χ2n) is 5.36. The number of hydrogen-bond donors (Lipinski definition) is 0. The number of rotatable bonds is 10. The maximum absolute atomic E-state index is 2.39. The molecule has 0 nitrogen and oxygen atoms in total. The summed E-state index contributed by atoms with van der Waals surface area (Å²) in [6, 6.07) is 0. The van der Waals surface area contributed by atoms with Gasteiger partial charge in [0, 0.05) is 0 Å². The first-order valence-corrected chi connectivity index (χ1v) is 7.76. The molecule has 0 heterocycles. The summed E-state index contributed by atoms with van der Waals surface area (Å²) in [7, 11) is 0. The van der Waals surface area contributed by atoms with Crippen LogP contribution < -0.4 is 0 Å². The van der Waals surface area contributed by atoms with Crippen LogP contribution in [0.3, 0.4) is 0 Å². The van der Waals surface area contributed by atoms with E-state index in [-0.39, 0.29) is 0 Å². The molecule has 1 aliphatic carbocycles. The fraction of sp³-hybridized carbons (Fsp3) is 0.765. The van der Waals surface area contributed by atoms with E-state index in [1.54, 1.807) is 11.1 Å². The smallest absolute Gasteiger partial charge is 0.0130 e. The molecule has 98 valence electrons. The Bertz CT molecular complexity index is 245. The molecule has 0 bridgehead atoms. The van der Waals surface area contributed by atoms with E-state index in [4.69, 9.17) is 0 Å². The van der Waals surface area contributed by atoms with E-state index in [2.05, 4.69) is 26.0 Å². The summed E-state index contributed by atoms with van der Waals surface area (Å²) in [5.41, 5.74) is 3.43. The number of allylic oxidation sites excluding steroid dienone is 4. The van der Waals surface area contributed by atoms with Gasteiger partial charge in [-0.25, -0.2) is 0 Å². The van der Waals surface area contributed by atoms with Crippen molar-refractivity contribution in [2.45, 2.75) is 84.5 Å². The summed E-state index contributed by atoms with van der Waals surface area (Å²) < 4.78 is 0. The van der Waals surface area contributed by atoms with Gasteiger partial charge in [-0.1, -0.05) is 70.1 Å². The van der Waals surface area contributed by atoms with Gasteiger partial charge in [-0.3, -0.25) is 0 Å². The second-order valence-corrected chi connectivity index (χ2v) is 5.36. The highest BCUT2D eigenvalue weighted by molar-refractivity contribution is 5.33. The van der Waals surface area contributed by atoms with E-state index in [1.807, 2.05) is 0 Å². The Morgan fingerprint density at radius 1 is 0.824 bits per heavy atom. The molecule has 0 unspecified atom stereocenters. The van der Waals surface area contributed by atoms with Crippen molar-refractivity contribution in [3.63, 3.8) is 0 Å². The van der Waals surface area contributed by atoms with Crippen LogP contribution in [0.4, 0.5) is 0 Å². The lowest BCUT2D eigenvalue weighted by atomic mass is 9.99. The summed E-state index contributed by atoms with van der Waals surface area (Å²) >= 11 is 0. The molecule has 0 atom stereocenters. The zero-order valence-corrected chi connectivity index (χ0v) is 11.9. The van der Waals surface area contributed by atoms with Gasteiger partial charge in [-0.2, -0.15) is 0 Å². The minimum absolute atomic E-state index is 1.25. The van der Waals surface area contributed by atoms with Gasteiger partial charge < -0.3 is 0 Å². The van der Waals surface area contributed by atoms with Gasteiger partial charge in [0.05, 0.1) is 0 Å². The predicted molar refractivity (Wildman–Crippen MR) is 78.3 cm³/mol. The van der Waals surface area contributed by atoms with Gasteiger partial charge in [0.1, 0.15) is 0 Å². The molecule has 0 amide bonds. The molecule has 1 rings (SSSR count). The maximum atomic E-state index is 2.39. The Hall–Kier alpha value is -0.520. The molecule has 0 aliphatic heterocycles. The topological polar surface area (TPSA) is 0 Å². The maximum Gasteiger partial charge on any atom is -0.0130 e. The molecule has 0 fully saturated rings. The minimum Gasteiger partial charge on any atom is -0.0802 e. The van der Waals surface area contributed by atoms with E-state index in [0.717, 1.165) is 0 Å². The van der Waals surface area contributed by atoms with Gasteiger partial charge in [0.25, 0.3) is 0 Å². The summed E-state index contributed by atoms with van der Waals surface area (Å²) in [4.78, 5) is 0. The zero-order chi connectivity index (χ0) is 12.3. The molecule has 0 aromatic rings. The average Bonchev–Trinajstić information content (AvgIpc) is 2.78. The first-order chi connectivity index (χ1) is 8.38. The molecule has 1 aliphatic rings. The molecule has 0 N–H and O–H groups in total. The third-order valence-corrected chi connectivity index (χ3v) is 3.77. The highest BCUT2D eigenvalue weighted by Gasteiger charge is 2.08. The molecule has 0 spiro atoms. The van der Waals surface area contributed by atoms with Gasteiger partial charge in [0.15, 0.2) is 0 Å². The number of unbranched alkanes of at least 4 members (excludes halogenated alkanes) is 6. The fourth-order valence-electron chi connectivity index (χ4n) is 2.62. The molecule has 0 saturated carbocycles. The van der Waals surface area contributed by atoms with Crippen LogP contribution >= 0.6 is 0 Å². The lowest BCUT2D eigenvalue weighted by molar-refractivity contribution is 0.649. The van der Waals surface area contributed by atoms with Crippen molar-refractivity contribution in [3.8, 4) is 0 Å². The monoisotopic (exact) mass is 234 g/mol. The highest BCUT2D eigenvalue weighted by atomic mass is 14.1. The predicted octanol–water partition coefficient (Wildman–Crippen LogP) is 6.18. The van der Waals surface area contributed by atoms with E-state index in [0.29, 0.717) is 0 Å². The van der Waals surface area contributed by atoms with Crippen LogP contribution in [0, 0.1) is 0 Å². The third kappa shape index (κ3) is 6.10. The second kappa shape index (κ2) is 9.50. The third-order valence-electron chi connectivity index (χ3n) is 3.77. The summed E-state index contributed by atoms with van der Waals surface area (Å²) in [5, 5.41) is 0. The largest absolute Gasteiger partial charge is 0.0802 e. The Kier molecular flexibility index (Phi) is 8.13. The van der Waals surface area contributed by atoms with Crippen molar-refractivity contribution in [2.24, 2.45) is 0 Å². The summed E-state index contributed by atoms with van der Waals surface area (Å²) in [5.74, 6) is 0. The molecule has 0 aromatic heterocycles. The van der Waals surface area contributed by atoms with Crippen molar-refractivity contribution in [3.05, 3.63) is 23.3 Å². The van der Waals surface area contributed by atoms with Crippen LogP contribution in [0.5, 0.6) is 0 Å².